The van der Waals surface area contributed by atoms with E-state index in [1.165, 1.54) is 28.2 Å². The first kappa shape index (κ1) is 18.4. The highest BCUT2D eigenvalue weighted by molar-refractivity contribution is 7.13. The molecule has 1 N–H and O–H groups in total. The van der Waals surface area contributed by atoms with Crippen LogP contribution in [0.25, 0.3) is 10.8 Å². The third kappa shape index (κ3) is 3.96. The number of hydrogen-bond acceptors (Lipinski definition) is 7. The van der Waals surface area contributed by atoms with E-state index in [0.717, 1.165) is 17.7 Å². The first-order valence-electron chi connectivity index (χ1n) is 9.05. The van der Waals surface area contributed by atoms with Crippen LogP contribution in [0.1, 0.15) is 31.1 Å². The number of nitrogens with one attached hydrogen (secondary N) is 1. The molecule has 3 aromatic rings. The maximum atomic E-state index is 12.6. The molecule has 1 fully saturated rings. The minimum Gasteiger partial charge on any atom is -0.420 e. The standard InChI is InChI=1S/C18H19N5O4S/c24-14-5-8-22(18(26)19-14)9-6-15(25)23-7-1-3-12(11-23)16-20-21-17(27-16)13-4-2-10-28-13/h2,4-5,8,10,12H,1,3,6-7,9,11H2,(H,19,24,26). The summed E-state index contributed by atoms with van der Waals surface area (Å²) in [4.78, 5) is 40.3. The van der Waals surface area contributed by atoms with E-state index in [-0.39, 0.29) is 24.8 Å². The molecule has 146 valence electrons. The Kier molecular flexibility index (Phi) is 5.20. The molecule has 1 amide bonds. The molecule has 10 heteroatoms. The van der Waals surface area contributed by atoms with Crippen LogP contribution < -0.4 is 11.2 Å². The molecule has 1 atom stereocenters. The summed E-state index contributed by atoms with van der Waals surface area (Å²) in [6.07, 6.45) is 3.32. The number of carbonyl (C=O) groups excluding carboxylic acids is 1. The Morgan fingerprint density at radius 2 is 2.21 bits per heavy atom. The molecule has 0 saturated carbocycles. The van der Waals surface area contributed by atoms with Crippen molar-refractivity contribution < 1.29 is 9.21 Å². The third-order valence-electron chi connectivity index (χ3n) is 4.76. The molecular weight excluding hydrogens is 382 g/mol. The van der Waals surface area contributed by atoms with E-state index >= 15 is 0 Å². The number of likely N-dealkylation sites (tertiary alicyclic amines) is 1. The van der Waals surface area contributed by atoms with Gasteiger partial charge in [-0.15, -0.1) is 21.5 Å². The summed E-state index contributed by atoms with van der Waals surface area (Å²) in [5, 5.41) is 10.2. The number of thiophene rings is 1. The molecule has 3 aromatic heterocycles. The summed E-state index contributed by atoms with van der Waals surface area (Å²) < 4.78 is 7.15. The molecule has 1 unspecified atom stereocenters. The van der Waals surface area contributed by atoms with Crippen LogP contribution in [0.3, 0.4) is 0 Å². The fourth-order valence-corrected chi connectivity index (χ4v) is 3.94. The maximum Gasteiger partial charge on any atom is 0.328 e. The normalized spacial score (nSPS) is 17.0. The van der Waals surface area contributed by atoms with Gasteiger partial charge >= 0.3 is 5.69 Å². The van der Waals surface area contributed by atoms with Gasteiger partial charge in [0.25, 0.3) is 11.4 Å². The van der Waals surface area contributed by atoms with Crippen LogP contribution in [0, 0.1) is 0 Å². The summed E-state index contributed by atoms with van der Waals surface area (Å²) >= 11 is 1.54. The first-order valence-corrected chi connectivity index (χ1v) is 9.93. The van der Waals surface area contributed by atoms with Crippen molar-refractivity contribution in [3.8, 4) is 10.8 Å². The van der Waals surface area contributed by atoms with Gasteiger partial charge in [-0.1, -0.05) is 6.07 Å². The summed E-state index contributed by atoms with van der Waals surface area (Å²) in [6, 6.07) is 5.12. The minimum atomic E-state index is -0.510. The fourth-order valence-electron chi connectivity index (χ4n) is 3.30. The molecule has 0 spiro atoms. The number of amides is 1. The Morgan fingerprint density at radius 1 is 1.32 bits per heavy atom. The zero-order valence-corrected chi connectivity index (χ0v) is 15.9. The SMILES string of the molecule is O=C(CCn1ccc(=O)[nH]c1=O)N1CCCC(c2nnc(-c3cccs3)o2)C1. The summed E-state index contributed by atoms with van der Waals surface area (Å²) in [7, 11) is 0. The number of H-pyrrole nitrogens is 1. The minimum absolute atomic E-state index is 0.00900. The zero-order valence-electron chi connectivity index (χ0n) is 15.0. The van der Waals surface area contributed by atoms with E-state index in [4.69, 9.17) is 4.42 Å². The molecule has 1 aliphatic rings. The molecule has 9 nitrogen and oxygen atoms in total. The van der Waals surface area contributed by atoms with Gasteiger partial charge in [0.15, 0.2) is 0 Å². The van der Waals surface area contributed by atoms with Gasteiger partial charge in [0.05, 0.1) is 10.8 Å². The smallest absolute Gasteiger partial charge is 0.328 e. The molecule has 4 rings (SSSR count). The van der Waals surface area contributed by atoms with Crippen LogP contribution in [0.4, 0.5) is 0 Å². The number of hydrogen-bond donors (Lipinski definition) is 1. The van der Waals surface area contributed by atoms with Gasteiger partial charge in [-0.05, 0) is 24.3 Å². The number of aromatic amines is 1. The maximum absolute atomic E-state index is 12.6. The highest BCUT2D eigenvalue weighted by Gasteiger charge is 2.28. The van der Waals surface area contributed by atoms with E-state index in [1.54, 1.807) is 4.90 Å². The van der Waals surface area contributed by atoms with Crippen LogP contribution in [0.15, 0.2) is 43.8 Å². The molecule has 0 aliphatic carbocycles. The summed E-state index contributed by atoms with van der Waals surface area (Å²) in [6.45, 7) is 1.41. The van der Waals surface area contributed by atoms with Crippen molar-refractivity contribution in [2.75, 3.05) is 13.1 Å². The van der Waals surface area contributed by atoms with Crippen LogP contribution >= 0.6 is 11.3 Å². The van der Waals surface area contributed by atoms with Crippen molar-refractivity contribution in [2.24, 2.45) is 0 Å². The molecule has 1 saturated heterocycles. The average Bonchev–Trinajstić information content (AvgIpc) is 3.39. The first-order chi connectivity index (χ1) is 13.6. The van der Waals surface area contributed by atoms with Gasteiger partial charge in [-0.25, -0.2) is 4.79 Å². The predicted octanol–water partition coefficient (Wildman–Crippen LogP) is 1.44. The monoisotopic (exact) mass is 401 g/mol. The van der Waals surface area contributed by atoms with Crippen molar-refractivity contribution in [3.05, 3.63) is 56.5 Å². The van der Waals surface area contributed by atoms with Crippen molar-refractivity contribution >= 4 is 17.2 Å². The van der Waals surface area contributed by atoms with Crippen LogP contribution in [0.2, 0.25) is 0 Å². The van der Waals surface area contributed by atoms with Crippen LogP contribution in [-0.2, 0) is 11.3 Å². The Hall–Kier alpha value is -3.01. The van der Waals surface area contributed by atoms with Crippen LogP contribution in [-0.4, -0.2) is 43.6 Å². The van der Waals surface area contributed by atoms with Gasteiger partial charge in [0, 0.05) is 38.3 Å². The van der Waals surface area contributed by atoms with E-state index in [2.05, 4.69) is 15.2 Å². The quantitative estimate of drug-likeness (QED) is 0.692. The van der Waals surface area contributed by atoms with E-state index in [0.29, 0.717) is 24.9 Å². The largest absolute Gasteiger partial charge is 0.420 e. The summed E-state index contributed by atoms with van der Waals surface area (Å²) in [5.74, 6) is 1.03. The number of nitrogens with zero attached hydrogens (tertiary/aromatic N) is 4. The lowest BCUT2D eigenvalue weighted by Crippen LogP contribution is -2.40. The van der Waals surface area contributed by atoms with Crippen molar-refractivity contribution in [2.45, 2.75) is 31.7 Å². The third-order valence-corrected chi connectivity index (χ3v) is 5.62. The fraction of sp³-hybridized carbons (Fsp3) is 0.389. The lowest BCUT2D eigenvalue weighted by molar-refractivity contribution is -0.132. The Morgan fingerprint density at radius 3 is 3.00 bits per heavy atom. The lowest BCUT2D eigenvalue weighted by atomic mass is 9.98. The van der Waals surface area contributed by atoms with E-state index < -0.39 is 11.2 Å². The number of piperidine rings is 1. The predicted molar refractivity (Wildman–Crippen MR) is 102 cm³/mol. The van der Waals surface area contributed by atoms with Gasteiger partial charge < -0.3 is 13.9 Å². The van der Waals surface area contributed by atoms with E-state index in [9.17, 15) is 14.4 Å². The Labute approximate surface area is 163 Å². The Bertz CT molecular complexity index is 1070. The molecular formula is C18H19N5O4S. The second kappa shape index (κ2) is 7.93. The van der Waals surface area contributed by atoms with Crippen molar-refractivity contribution in [1.82, 2.24) is 24.6 Å². The molecule has 1 aliphatic heterocycles. The molecule has 0 aromatic carbocycles. The van der Waals surface area contributed by atoms with Gasteiger partial charge in [0.1, 0.15) is 0 Å². The molecule has 0 radical (unpaired) electrons. The average molecular weight is 401 g/mol. The summed E-state index contributed by atoms with van der Waals surface area (Å²) in [5.41, 5.74) is -0.961. The number of aryl methyl sites for hydroxylation is 1. The topological polar surface area (TPSA) is 114 Å². The van der Waals surface area contributed by atoms with Gasteiger partial charge in [-0.3, -0.25) is 14.6 Å². The molecule has 4 heterocycles. The van der Waals surface area contributed by atoms with Crippen molar-refractivity contribution in [3.63, 3.8) is 0 Å². The molecule has 28 heavy (non-hydrogen) atoms. The van der Waals surface area contributed by atoms with Gasteiger partial charge in [0.2, 0.25) is 11.8 Å². The molecule has 0 bridgehead atoms. The highest BCUT2D eigenvalue weighted by atomic mass is 32.1. The number of rotatable bonds is 5. The zero-order chi connectivity index (χ0) is 19.5. The van der Waals surface area contributed by atoms with Crippen molar-refractivity contribution in [1.29, 1.82) is 0 Å². The highest BCUT2D eigenvalue weighted by Crippen LogP contribution is 2.30. The number of aromatic nitrogens is 4. The lowest BCUT2D eigenvalue weighted by Gasteiger charge is -2.31. The Balaban J connectivity index is 1.38. The van der Waals surface area contributed by atoms with Gasteiger partial charge in [-0.2, -0.15) is 0 Å². The number of carbonyl (C=O) groups is 1. The van der Waals surface area contributed by atoms with Crippen LogP contribution in [0.5, 0.6) is 0 Å². The van der Waals surface area contributed by atoms with E-state index in [1.807, 2.05) is 17.5 Å². The second-order valence-corrected chi connectivity index (χ2v) is 7.60. The second-order valence-electron chi connectivity index (χ2n) is 6.66.